The van der Waals surface area contributed by atoms with Crippen molar-refractivity contribution in [2.24, 2.45) is 0 Å². The predicted molar refractivity (Wildman–Crippen MR) is 104 cm³/mol. The van der Waals surface area contributed by atoms with Crippen LogP contribution in [-0.4, -0.2) is 19.5 Å². The molecule has 2 heterocycles. The van der Waals surface area contributed by atoms with Gasteiger partial charge in [0.2, 0.25) is 5.78 Å². The van der Waals surface area contributed by atoms with Crippen LogP contribution in [0.2, 0.25) is 0 Å². The van der Waals surface area contributed by atoms with E-state index in [4.69, 9.17) is 0 Å². The Kier molecular flexibility index (Phi) is 4.56. The molecule has 0 saturated carbocycles. The van der Waals surface area contributed by atoms with Crippen LogP contribution in [0.25, 0.3) is 28.2 Å². The van der Waals surface area contributed by atoms with Gasteiger partial charge in [0.1, 0.15) is 23.1 Å². The maximum Gasteiger partial charge on any atom is 0.234 e. The van der Waals surface area contributed by atoms with Crippen molar-refractivity contribution in [3.63, 3.8) is 0 Å². The second kappa shape index (κ2) is 6.97. The smallest absolute Gasteiger partial charge is 0.234 e. The topological polar surface area (TPSA) is 74.2 Å². The summed E-state index contributed by atoms with van der Waals surface area (Å²) in [5.74, 6) is -2.37. The molecule has 0 amide bonds. The van der Waals surface area contributed by atoms with Gasteiger partial charge >= 0.3 is 0 Å². The monoisotopic (exact) mass is 408 g/mol. The van der Waals surface area contributed by atoms with E-state index in [2.05, 4.69) is 9.97 Å². The number of aromatic nitrogens is 3. The first-order valence-corrected chi connectivity index (χ1v) is 8.96. The number of aliphatic hydroxyl groups is 1. The number of imidazole rings is 1. The molecule has 0 spiro atoms. The van der Waals surface area contributed by atoms with Gasteiger partial charge in [-0.3, -0.25) is 4.40 Å². The highest BCUT2D eigenvalue weighted by molar-refractivity contribution is 5.77. The Bertz CT molecular complexity index is 1330. The van der Waals surface area contributed by atoms with Gasteiger partial charge in [0.15, 0.2) is 0 Å². The first kappa shape index (κ1) is 19.6. The molecule has 1 N–H and O–H groups in total. The van der Waals surface area contributed by atoms with E-state index in [-0.39, 0.29) is 28.2 Å². The van der Waals surface area contributed by atoms with Gasteiger partial charge in [-0.15, -0.1) is 0 Å². The highest BCUT2D eigenvalue weighted by Crippen LogP contribution is 2.35. The second-order valence-electron chi connectivity index (χ2n) is 7.27. The Labute approximate surface area is 169 Å². The van der Waals surface area contributed by atoms with Crippen molar-refractivity contribution >= 4 is 5.78 Å². The lowest BCUT2D eigenvalue weighted by Gasteiger charge is -2.16. The lowest BCUT2D eigenvalue weighted by Crippen LogP contribution is -2.18. The number of benzene rings is 2. The Morgan fingerprint density at radius 1 is 1.07 bits per heavy atom. The molecule has 4 aromatic rings. The maximum atomic E-state index is 15.5. The molecule has 150 valence electrons. The van der Waals surface area contributed by atoms with Crippen LogP contribution in [0, 0.1) is 28.8 Å². The molecule has 2 aromatic heterocycles. The molecule has 2 aromatic carbocycles. The molecule has 0 aliphatic rings. The van der Waals surface area contributed by atoms with Crippen LogP contribution in [0.3, 0.4) is 0 Å². The van der Waals surface area contributed by atoms with E-state index in [1.165, 1.54) is 22.7 Å². The predicted octanol–water partition coefficient (Wildman–Crippen LogP) is 4.58. The summed E-state index contributed by atoms with van der Waals surface area (Å²) in [6, 6.07) is 8.85. The number of nitriles is 1. The van der Waals surface area contributed by atoms with Crippen molar-refractivity contribution in [1.29, 1.82) is 5.26 Å². The number of hydrogen-bond acceptors (Lipinski definition) is 4. The molecule has 30 heavy (non-hydrogen) atoms. The number of nitrogens with zero attached hydrogens (tertiary/aromatic N) is 4. The third kappa shape index (κ3) is 3.19. The molecule has 0 aliphatic carbocycles. The lowest BCUT2D eigenvalue weighted by molar-refractivity contribution is 0.0739. The first-order chi connectivity index (χ1) is 14.2. The number of fused-ring (bicyclic) bond motifs is 1. The van der Waals surface area contributed by atoms with E-state index in [1.54, 1.807) is 26.1 Å². The summed E-state index contributed by atoms with van der Waals surface area (Å²) in [7, 11) is 0. The van der Waals surface area contributed by atoms with Crippen molar-refractivity contribution in [2.45, 2.75) is 19.4 Å². The summed E-state index contributed by atoms with van der Waals surface area (Å²) in [5.41, 5.74) is -1.25. The van der Waals surface area contributed by atoms with Gasteiger partial charge in [-0.25, -0.2) is 23.1 Å². The van der Waals surface area contributed by atoms with Gasteiger partial charge in [-0.05, 0) is 50.2 Å². The van der Waals surface area contributed by atoms with Crippen LogP contribution < -0.4 is 0 Å². The molecule has 0 fully saturated rings. The standard InChI is InChI=1S/C22H15F3N4O/c1-22(2,30)18-7-8-29-17(11-27-21(29)28-18)14-5-6-16(24)19(20(14)25)15-9-13(23)4-3-12(15)10-26/h3-9,11,30H,1-2H3. The Hall–Kier alpha value is -3.70. The van der Waals surface area contributed by atoms with Crippen LogP contribution in [0.15, 0.2) is 48.8 Å². The zero-order valence-electron chi connectivity index (χ0n) is 16.0. The first-order valence-electron chi connectivity index (χ1n) is 8.96. The van der Waals surface area contributed by atoms with Crippen molar-refractivity contribution in [3.05, 3.63) is 77.5 Å². The maximum absolute atomic E-state index is 15.5. The molecule has 8 heteroatoms. The molecule has 0 bridgehead atoms. The summed E-state index contributed by atoms with van der Waals surface area (Å²) >= 11 is 0. The third-order valence-electron chi connectivity index (χ3n) is 4.74. The molecule has 0 aliphatic heterocycles. The van der Waals surface area contributed by atoms with E-state index in [0.717, 1.165) is 18.2 Å². The summed E-state index contributed by atoms with van der Waals surface area (Å²) in [5, 5.41) is 19.4. The summed E-state index contributed by atoms with van der Waals surface area (Å²) in [6.45, 7) is 3.15. The Morgan fingerprint density at radius 2 is 1.83 bits per heavy atom. The van der Waals surface area contributed by atoms with Gasteiger partial charge in [-0.2, -0.15) is 5.26 Å². The van der Waals surface area contributed by atoms with Crippen molar-refractivity contribution in [2.75, 3.05) is 0 Å². The van der Waals surface area contributed by atoms with Gasteiger partial charge in [0.25, 0.3) is 0 Å². The molecule has 0 atom stereocenters. The van der Waals surface area contributed by atoms with Crippen LogP contribution in [0.1, 0.15) is 25.1 Å². The minimum Gasteiger partial charge on any atom is -0.384 e. The average molecular weight is 408 g/mol. The highest BCUT2D eigenvalue weighted by Gasteiger charge is 2.23. The van der Waals surface area contributed by atoms with Crippen molar-refractivity contribution in [1.82, 2.24) is 14.4 Å². The minimum atomic E-state index is -1.19. The van der Waals surface area contributed by atoms with Gasteiger partial charge in [-0.1, -0.05) is 0 Å². The molecular formula is C22H15F3N4O. The second-order valence-corrected chi connectivity index (χ2v) is 7.27. The molecule has 5 nitrogen and oxygen atoms in total. The summed E-state index contributed by atoms with van der Waals surface area (Å²) in [6.07, 6.45) is 2.94. The molecule has 0 radical (unpaired) electrons. The van der Waals surface area contributed by atoms with Crippen LogP contribution >= 0.6 is 0 Å². The third-order valence-corrected chi connectivity index (χ3v) is 4.74. The normalized spacial score (nSPS) is 11.6. The lowest BCUT2D eigenvalue weighted by atomic mass is 9.96. The zero-order chi connectivity index (χ0) is 21.6. The fraction of sp³-hybridized carbons (Fsp3) is 0.136. The van der Waals surface area contributed by atoms with E-state index in [0.29, 0.717) is 5.69 Å². The fourth-order valence-electron chi connectivity index (χ4n) is 3.23. The highest BCUT2D eigenvalue weighted by atomic mass is 19.1. The summed E-state index contributed by atoms with van der Waals surface area (Å²) < 4.78 is 45.3. The zero-order valence-corrected chi connectivity index (χ0v) is 16.0. The largest absolute Gasteiger partial charge is 0.384 e. The van der Waals surface area contributed by atoms with E-state index in [9.17, 15) is 19.1 Å². The van der Waals surface area contributed by atoms with Gasteiger partial charge < -0.3 is 5.11 Å². The van der Waals surface area contributed by atoms with Gasteiger partial charge in [0.05, 0.1) is 34.8 Å². The molecular weight excluding hydrogens is 393 g/mol. The van der Waals surface area contributed by atoms with E-state index >= 15 is 4.39 Å². The number of halogens is 3. The SMILES string of the molecule is CC(C)(O)c1ccn2c(-c3ccc(F)c(-c4cc(F)ccc4C#N)c3F)cnc2n1. The summed E-state index contributed by atoms with van der Waals surface area (Å²) in [4.78, 5) is 8.42. The quantitative estimate of drug-likeness (QED) is 0.539. The van der Waals surface area contributed by atoms with Crippen LogP contribution in [-0.2, 0) is 5.60 Å². The Morgan fingerprint density at radius 3 is 2.53 bits per heavy atom. The van der Waals surface area contributed by atoms with Gasteiger partial charge in [0, 0.05) is 17.3 Å². The van der Waals surface area contributed by atoms with Crippen LogP contribution in [0.5, 0.6) is 0 Å². The van der Waals surface area contributed by atoms with Crippen molar-refractivity contribution in [3.8, 4) is 28.5 Å². The average Bonchev–Trinajstić information content (AvgIpc) is 3.11. The molecule has 0 unspecified atom stereocenters. The minimum absolute atomic E-state index is 0.00450. The molecule has 0 saturated heterocycles. The van der Waals surface area contributed by atoms with E-state index in [1.807, 2.05) is 6.07 Å². The van der Waals surface area contributed by atoms with E-state index < -0.39 is 28.6 Å². The molecule has 4 rings (SSSR count). The number of hydrogen-bond donors (Lipinski definition) is 1. The van der Waals surface area contributed by atoms with Crippen LogP contribution in [0.4, 0.5) is 13.2 Å². The fourth-order valence-corrected chi connectivity index (χ4v) is 3.23. The van der Waals surface area contributed by atoms with Crippen molar-refractivity contribution < 1.29 is 18.3 Å². The Balaban J connectivity index is 1.94. The number of rotatable bonds is 3.